The number of anilines is 1. The van der Waals surface area contributed by atoms with E-state index < -0.39 is 22.5 Å². The molecule has 0 aliphatic rings. The van der Waals surface area contributed by atoms with Crippen molar-refractivity contribution in [2.24, 2.45) is 0 Å². The van der Waals surface area contributed by atoms with Gasteiger partial charge in [-0.1, -0.05) is 53.0 Å². The number of ether oxygens (including phenoxy) is 1. The first-order chi connectivity index (χ1) is 17.0. The van der Waals surface area contributed by atoms with Gasteiger partial charge in [-0.25, -0.2) is 8.42 Å². The number of halogens is 2. The maximum atomic E-state index is 13.5. The van der Waals surface area contributed by atoms with Crippen LogP contribution in [0.5, 0.6) is 5.75 Å². The molecule has 0 spiro atoms. The van der Waals surface area contributed by atoms with Crippen molar-refractivity contribution in [3.63, 3.8) is 0 Å². The number of nitrogens with one attached hydrogen (secondary N) is 1. The number of hydrogen-bond donors (Lipinski definition) is 1. The van der Waals surface area contributed by atoms with Gasteiger partial charge in [0.25, 0.3) is 10.0 Å². The van der Waals surface area contributed by atoms with Crippen LogP contribution in [0.4, 0.5) is 5.69 Å². The molecule has 0 radical (unpaired) electrons. The lowest BCUT2D eigenvalue weighted by atomic mass is 10.1. The molecule has 0 heterocycles. The van der Waals surface area contributed by atoms with Crippen LogP contribution >= 0.6 is 23.2 Å². The summed E-state index contributed by atoms with van der Waals surface area (Å²) in [5, 5.41) is 3.36. The van der Waals surface area contributed by atoms with Gasteiger partial charge in [-0.3, -0.25) is 9.10 Å². The van der Waals surface area contributed by atoms with Gasteiger partial charge in [0.1, 0.15) is 12.3 Å². The Morgan fingerprint density at radius 3 is 2.31 bits per heavy atom. The van der Waals surface area contributed by atoms with Gasteiger partial charge in [0, 0.05) is 16.6 Å². The normalized spacial score (nSPS) is 11.4. The molecule has 3 aromatic rings. The summed E-state index contributed by atoms with van der Waals surface area (Å²) in [6, 6.07) is 18.7. The highest BCUT2D eigenvalue weighted by atomic mass is 35.5. The maximum absolute atomic E-state index is 13.5. The van der Waals surface area contributed by atoms with Crippen molar-refractivity contribution in [3.05, 3.63) is 87.9 Å². The van der Waals surface area contributed by atoms with Gasteiger partial charge in [-0.05, 0) is 81.6 Å². The highest BCUT2D eigenvalue weighted by molar-refractivity contribution is 7.92. The summed E-state index contributed by atoms with van der Waals surface area (Å²) in [5.41, 5.74) is 2.23. The van der Waals surface area contributed by atoms with Crippen molar-refractivity contribution in [2.45, 2.75) is 44.6 Å². The van der Waals surface area contributed by atoms with Gasteiger partial charge in [-0.2, -0.15) is 0 Å². The molecule has 0 unspecified atom stereocenters. The third-order valence-corrected chi connectivity index (χ3v) is 7.49. The van der Waals surface area contributed by atoms with E-state index >= 15 is 0 Å². The zero-order chi connectivity index (χ0) is 26.3. The van der Waals surface area contributed by atoms with Gasteiger partial charge in [0.15, 0.2) is 0 Å². The molecule has 0 saturated carbocycles. The fraction of sp³-hybridized carbons (Fsp3) is 0.296. The number of carbonyl (C=O) groups is 1. The molecule has 0 saturated heterocycles. The Balaban J connectivity index is 1.69. The fourth-order valence-electron chi connectivity index (χ4n) is 3.59. The van der Waals surface area contributed by atoms with Crippen molar-refractivity contribution in [2.75, 3.05) is 17.4 Å². The monoisotopic (exact) mass is 548 g/mol. The number of benzene rings is 3. The first-order valence-electron chi connectivity index (χ1n) is 11.6. The number of carbonyl (C=O) groups excluding carboxylic acids is 1. The third kappa shape index (κ3) is 7.88. The minimum Gasteiger partial charge on any atom is -0.491 e. The Hall–Kier alpha value is -2.74. The number of nitrogens with zero attached hydrogens (tertiary/aromatic N) is 1. The average molecular weight is 550 g/mol. The molecule has 0 fully saturated rings. The number of rotatable bonds is 11. The molecular formula is C27H30Cl2N2O4S. The molecule has 0 aliphatic carbocycles. The lowest BCUT2D eigenvalue weighted by Gasteiger charge is -2.24. The second kappa shape index (κ2) is 12.5. The number of aryl methyl sites for hydroxylation is 2. The van der Waals surface area contributed by atoms with E-state index in [0.29, 0.717) is 13.0 Å². The van der Waals surface area contributed by atoms with Crippen molar-refractivity contribution in [3.8, 4) is 5.75 Å². The predicted octanol–water partition coefficient (Wildman–Crippen LogP) is 6.03. The van der Waals surface area contributed by atoms with E-state index in [4.69, 9.17) is 27.9 Å². The summed E-state index contributed by atoms with van der Waals surface area (Å²) in [5.74, 6) is 0.377. The summed E-state index contributed by atoms with van der Waals surface area (Å²) < 4.78 is 33.7. The Morgan fingerprint density at radius 2 is 1.67 bits per heavy atom. The fourth-order valence-corrected chi connectivity index (χ4v) is 5.51. The van der Waals surface area contributed by atoms with E-state index in [1.807, 2.05) is 45.0 Å². The molecule has 192 valence electrons. The van der Waals surface area contributed by atoms with Gasteiger partial charge >= 0.3 is 0 Å². The minimum atomic E-state index is -4.05. The second-order valence-electron chi connectivity index (χ2n) is 8.72. The molecule has 0 bridgehead atoms. The molecule has 0 aliphatic heterocycles. The van der Waals surface area contributed by atoms with Gasteiger partial charge in [-0.15, -0.1) is 0 Å². The SMILES string of the molecule is Cc1ccc(S(=O)(=O)N(CC(=O)NCCCc2cccc(OC(C)C)c2)c2cc(Cl)cc(Cl)c2)cc1. The molecule has 0 aromatic heterocycles. The summed E-state index contributed by atoms with van der Waals surface area (Å²) in [7, 11) is -4.05. The summed E-state index contributed by atoms with van der Waals surface area (Å²) in [4.78, 5) is 12.9. The molecule has 36 heavy (non-hydrogen) atoms. The molecule has 0 atom stereocenters. The van der Waals surface area contributed by atoms with E-state index in [9.17, 15) is 13.2 Å². The van der Waals surface area contributed by atoms with E-state index in [0.717, 1.165) is 27.6 Å². The number of amides is 1. The minimum absolute atomic E-state index is 0.0699. The molecule has 3 aromatic carbocycles. The van der Waals surface area contributed by atoms with Crippen molar-refractivity contribution in [1.82, 2.24) is 5.32 Å². The van der Waals surface area contributed by atoms with Gasteiger partial charge in [0.05, 0.1) is 16.7 Å². The first kappa shape index (κ1) is 27.8. The Labute approximate surface area is 223 Å². The van der Waals surface area contributed by atoms with Gasteiger partial charge in [0.2, 0.25) is 5.91 Å². The second-order valence-corrected chi connectivity index (χ2v) is 11.5. The average Bonchev–Trinajstić information content (AvgIpc) is 2.79. The number of hydrogen-bond acceptors (Lipinski definition) is 4. The number of sulfonamides is 1. The lowest BCUT2D eigenvalue weighted by Crippen LogP contribution is -2.41. The quantitative estimate of drug-likeness (QED) is 0.296. The van der Waals surface area contributed by atoms with Crippen LogP contribution in [0.25, 0.3) is 0 Å². The highest BCUT2D eigenvalue weighted by Crippen LogP contribution is 2.29. The molecule has 3 rings (SSSR count). The van der Waals surface area contributed by atoms with E-state index in [1.165, 1.54) is 30.3 Å². The van der Waals surface area contributed by atoms with Crippen LogP contribution in [0.1, 0.15) is 31.4 Å². The van der Waals surface area contributed by atoms with Crippen LogP contribution in [0.2, 0.25) is 10.0 Å². The summed E-state index contributed by atoms with van der Waals surface area (Å²) in [6.07, 6.45) is 1.52. The molecule has 1 amide bonds. The first-order valence-corrected chi connectivity index (χ1v) is 13.8. The summed E-state index contributed by atoms with van der Waals surface area (Å²) in [6.45, 7) is 5.79. The Bertz CT molecular complexity index is 1280. The van der Waals surface area contributed by atoms with Crippen LogP contribution in [0.15, 0.2) is 71.6 Å². The lowest BCUT2D eigenvalue weighted by molar-refractivity contribution is -0.119. The largest absolute Gasteiger partial charge is 0.491 e. The highest BCUT2D eigenvalue weighted by Gasteiger charge is 2.27. The van der Waals surface area contributed by atoms with Gasteiger partial charge < -0.3 is 10.1 Å². The predicted molar refractivity (Wildman–Crippen MR) is 146 cm³/mol. The maximum Gasteiger partial charge on any atom is 0.264 e. The zero-order valence-electron chi connectivity index (χ0n) is 20.5. The smallest absolute Gasteiger partial charge is 0.264 e. The van der Waals surface area contributed by atoms with E-state index in [2.05, 4.69) is 5.32 Å². The van der Waals surface area contributed by atoms with Crippen LogP contribution in [0.3, 0.4) is 0 Å². The Kier molecular flexibility index (Phi) is 9.65. The van der Waals surface area contributed by atoms with Crippen molar-refractivity contribution in [1.29, 1.82) is 0 Å². The molecule has 1 N–H and O–H groups in total. The van der Waals surface area contributed by atoms with Crippen LogP contribution in [-0.2, 0) is 21.2 Å². The van der Waals surface area contributed by atoms with E-state index in [1.54, 1.807) is 12.1 Å². The standard InChI is InChI=1S/C27H30Cl2N2O4S/c1-19(2)35-25-8-4-6-21(14-25)7-5-13-30-27(32)18-31(24-16-22(28)15-23(29)17-24)36(33,34)26-11-9-20(3)10-12-26/h4,6,8-12,14-17,19H,5,7,13,18H2,1-3H3,(H,30,32). The third-order valence-electron chi connectivity index (χ3n) is 5.27. The van der Waals surface area contributed by atoms with Crippen molar-refractivity contribution >= 4 is 44.8 Å². The zero-order valence-corrected chi connectivity index (χ0v) is 22.8. The molecular weight excluding hydrogens is 519 g/mol. The summed E-state index contributed by atoms with van der Waals surface area (Å²) >= 11 is 12.3. The molecule has 9 heteroatoms. The van der Waals surface area contributed by atoms with Crippen LogP contribution in [0, 0.1) is 6.92 Å². The van der Waals surface area contributed by atoms with Crippen LogP contribution < -0.4 is 14.4 Å². The Morgan fingerprint density at radius 1 is 1.00 bits per heavy atom. The van der Waals surface area contributed by atoms with E-state index in [-0.39, 0.29) is 26.7 Å². The topological polar surface area (TPSA) is 75.7 Å². The van der Waals surface area contributed by atoms with Crippen molar-refractivity contribution < 1.29 is 17.9 Å². The molecule has 6 nitrogen and oxygen atoms in total. The van der Waals surface area contributed by atoms with Crippen LogP contribution in [-0.4, -0.2) is 33.5 Å².